The van der Waals surface area contributed by atoms with Crippen LogP contribution in [-0.4, -0.2) is 27.0 Å². The van der Waals surface area contributed by atoms with E-state index in [2.05, 4.69) is 68.6 Å². The Kier molecular flexibility index (Phi) is 3.98. The highest BCUT2D eigenvalue weighted by Crippen LogP contribution is 2.30. The Morgan fingerprint density at radius 1 is 1.05 bits per heavy atom. The predicted octanol–water partition coefficient (Wildman–Crippen LogP) is 2.88. The Labute approximate surface area is 126 Å². The Morgan fingerprint density at radius 3 is 2.21 bits per heavy atom. The number of hydrogen-bond donors (Lipinski definition) is 1. The Morgan fingerprint density at radius 2 is 1.68 bits per heavy atom. The molecule has 2 aromatic heterocycles. The van der Waals surface area contributed by atoms with Crippen molar-refractivity contribution in [2.24, 2.45) is 0 Å². The Hall–Kier alpha value is -1.31. The summed E-state index contributed by atoms with van der Waals surface area (Å²) >= 11 is 2.27. The second-order valence-electron chi connectivity index (χ2n) is 5.13. The van der Waals surface area contributed by atoms with Crippen molar-refractivity contribution in [3.8, 4) is 11.6 Å². The molecule has 2 heterocycles. The van der Waals surface area contributed by atoms with Gasteiger partial charge in [-0.15, -0.1) is 0 Å². The maximum absolute atomic E-state index is 4.64. The zero-order valence-electron chi connectivity index (χ0n) is 11.4. The second kappa shape index (κ2) is 5.36. The average Bonchev–Trinajstić information content (AvgIpc) is 2.38. The third-order valence-corrected chi connectivity index (χ3v) is 3.59. The SMILES string of the molecule is CNc1nc(-c2ncccn2)nc(C(C)(C)C)c1I. The summed E-state index contributed by atoms with van der Waals surface area (Å²) in [5.74, 6) is 1.90. The molecule has 0 aliphatic rings. The molecule has 0 aromatic carbocycles. The van der Waals surface area contributed by atoms with Crippen LogP contribution in [0.25, 0.3) is 11.6 Å². The van der Waals surface area contributed by atoms with Gasteiger partial charge in [-0.2, -0.15) is 0 Å². The first-order chi connectivity index (χ1) is 8.93. The van der Waals surface area contributed by atoms with Gasteiger partial charge in [0.2, 0.25) is 0 Å². The molecule has 0 unspecified atom stereocenters. The van der Waals surface area contributed by atoms with Crippen LogP contribution < -0.4 is 5.32 Å². The summed E-state index contributed by atoms with van der Waals surface area (Å²) in [7, 11) is 1.85. The third kappa shape index (κ3) is 2.99. The number of nitrogens with one attached hydrogen (secondary N) is 1. The summed E-state index contributed by atoms with van der Waals surface area (Å²) < 4.78 is 1.03. The largest absolute Gasteiger partial charge is 0.372 e. The van der Waals surface area contributed by atoms with Crippen molar-refractivity contribution in [1.29, 1.82) is 0 Å². The van der Waals surface area contributed by atoms with Crippen molar-refractivity contribution in [1.82, 2.24) is 19.9 Å². The molecule has 0 fully saturated rings. The van der Waals surface area contributed by atoms with E-state index in [0.717, 1.165) is 15.1 Å². The van der Waals surface area contributed by atoms with E-state index in [-0.39, 0.29) is 5.41 Å². The topological polar surface area (TPSA) is 63.6 Å². The number of nitrogens with zero attached hydrogens (tertiary/aromatic N) is 4. The van der Waals surface area contributed by atoms with Crippen LogP contribution in [0.4, 0.5) is 5.82 Å². The highest BCUT2D eigenvalue weighted by Gasteiger charge is 2.23. The molecule has 2 rings (SSSR count). The van der Waals surface area contributed by atoms with Crippen molar-refractivity contribution in [2.75, 3.05) is 12.4 Å². The number of rotatable bonds is 2. The lowest BCUT2D eigenvalue weighted by atomic mass is 9.92. The standard InChI is InChI=1S/C13H16IN5/c1-13(2,3)9-8(14)10(15-4)19-12(18-9)11-16-6-5-7-17-11/h5-7H,1-4H3,(H,15,18,19). The molecule has 0 saturated heterocycles. The first-order valence-corrected chi connectivity index (χ1v) is 7.04. The maximum Gasteiger partial charge on any atom is 0.200 e. The fourth-order valence-electron chi connectivity index (χ4n) is 1.62. The smallest absolute Gasteiger partial charge is 0.200 e. The zero-order chi connectivity index (χ0) is 14.0. The Balaban J connectivity index is 2.65. The summed E-state index contributed by atoms with van der Waals surface area (Å²) in [6.45, 7) is 6.39. The number of aromatic nitrogens is 4. The second-order valence-corrected chi connectivity index (χ2v) is 6.21. The fourth-order valence-corrected chi connectivity index (χ4v) is 2.94. The lowest BCUT2D eigenvalue weighted by Crippen LogP contribution is -2.18. The minimum absolute atomic E-state index is 0.0609. The van der Waals surface area contributed by atoms with Crippen LogP contribution in [0.2, 0.25) is 0 Å². The van der Waals surface area contributed by atoms with Gasteiger partial charge in [0.1, 0.15) is 5.82 Å². The number of anilines is 1. The minimum Gasteiger partial charge on any atom is -0.372 e. The molecule has 0 bridgehead atoms. The molecule has 0 amide bonds. The summed E-state index contributed by atoms with van der Waals surface area (Å²) in [5.41, 5.74) is 0.934. The van der Waals surface area contributed by atoms with E-state index in [1.54, 1.807) is 18.5 Å². The van der Waals surface area contributed by atoms with E-state index in [1.165, 1.54) is 0 Å². The van der Waals surface area contributed by atoms with Crippen LogP contribution in [-0.2, 0) is 5.41 Å². The van der Waals surface area contributed by atoms with E-state index < -0.39 is 0 Å². The van der Waals surface area contributed by atoms with Gasteiger partial charge < -0.3 is 5.32 Å². The molecule has 19 heavy (non-hydrogen) atoms. The maximum atomic E-state index is 4.64. The van der Waals surface area contributed by atoms with E-state index >= 15 is 0 Å². The van der Waals surface area contributed by atoms with Gasteiger partial charge in [-0.25, -0.2) is 19.9 Å². The molecule has 0 radical (unpaired) electrons. The van der Waals surface area contributed by atoms with E-state index in [1.807, 2.05) is 7.05 Å². The number of halogens is 1. The molecule has 0 spiro atoms. The summed E-state index contributed by atoms with van der Waals surface area (Å²) in [6.07, 6.45) is 3.39. The molecule has 5 nitrogen and oxygen atoms in total. The van der Waals surface area contributed by atoms with Crippen molar-refractivity contribution in [3.63, 3.8) is 0 Å². The van der Waals surface area contributed by atoms with Crippen LogP contribution in [0.1, 0.15) is 26.5 Å². The van der Waals surface area contributed by atoms with Gasteiger partial charge in [0.15, 0.2) is 11.6 Å². The van der Waals surface area contributed by atoms with Crippen LogP contribution in [0.3, 0.4) is 0 Å². The molecule has 0 saturated carbocycles. The van der Waals surface area contributed by atoms with Gasteiger partial charge in [-0.3, -0.25) is 0 Å². The van der Waals surface area contributed by atoms with Crippen molar-refractivity contribution < 1.29 is 0 Å². The predicted molar refractivity (Wildman–Crippen MR) is 84.0 cm³/mol. The molecule has 6 heteroatoms. The third-order valence-electron chi connectivity index (χ3n) is 2.56. The van der Waals surface area contributed by atoms with Crippen LogP contribution in [0.15, 0.2) is 18.5 Å². The first kappa shape index (κ1) is 14.1. The van der Waals surface area contributed by atoms with E-state index in [0.29, 0.717) is 11.6 Å². The quantitative estimate of drug-likeness (QED) is 0.825. The minimum atomic E-state index is -0.0609. The average molecular weight is 369 g/mol. The van der Waals surface area contributed by atoms with Crippen molar-refractivity contribution in [3.05, 3.63) is 27.7 Å². The first-order valence-electron chi connectivity index (χ1n) is 5.96. The molecule has 0 aliphatic heterocycles. The van der Waals surface area contributed by atoms with Gasteiger partial charge in [-0.1, -0.05) is 20.8 Å². The number of hydrogen-bond acceptors (Lipinski definition) is 5. The van der Waals surface area contributed by atoms with Crippen LogP contribution in [0.5, 0.6) is 0 Å². The zero-order valence-corrected chi connectivity index (χ0v) is 13.6. The molecule has 100 valence electrons. The molecule has 1 N–H and O–H groups in total. The van der Waals surface area contributed by atoms with Gasteiger partial charge in [0, 0.05) is 24.9 Å². The van der Waals surface area contributed by atoms with Gasteiger partial charge in [-0.05, 0) is 28.7 Å². The fraction of sp³-hybridized carbons (Fsp3) is 0.385. The monoisotopic (exact) mass is 369 g/mol. The molecular formula is C13H16IN5. The van der Waals surface area contributed by atoms with Gasteiger partial charge in [0.05, 0.1) is 9.26 Å². The molecule has 2 aromatic rings. The van der Waals surface area contributed by atoms with E-state index in [9.17, 15) is 0 Å². The van der Waals surface area contributed by atoms with Crippen LogP contribution >= 0.6 is 22.6 Å². The lowest BCUT2D eigenvalue weighted by Gasteiger charge is -2.21. The highest BCUT2D eigenvalue weighted by atomic mass is 127. The van der Waals surface area contributed by atoms with E-state index in [4.69, 9.17) is 0 Å². The van der Waals surface area contributed by atoms with Crippen LogP contribution in [0, 0.1) is 3.57 Å². The van der Waals surface area contributed by atoms with Crippen molar-refractivity contribution >= 4 is 28.4 Å². The molecule has 0 atom stereocenters. The molecular weight excluding hydrogens is 353 g/mol. The summed E-state index contributed by atoms with van der Waals surface area (Å²) in [6, 6.07) is 1.78. The normalized spacial score (nSPS) is 11.4. The highest BCUT2D eigenvalue weighted by molar-refractivity contribution is 14.1. The van der Waals surface area contributed by atoms with Gasteiger partial charge >= 0.3 is 0 Å². The Bertz CT molecular complexity index is 578. The summed E-state index contributed by atoms with van der Waals surface area (Å²) in [4.78, 5) is 17.5. The lowest BCUT2D eigenvalue weighted by molar-refractivity contribution is 0.564. The van der Waals surface area contributed by atoms with Crippen molar-refractivity contribution in [2.45, 2.75) is 26.2 Å². The van der Waals surface area contributed by atoms with Gasteiger partial charge in [0.25, 0.3) is 0 Å². The summed E-state index contributed by atoms with van der Waals surface area (Å²) in [5, 5.41) is 3.10. The molecule has 0 aliphatic carbocycles.